The molecule has 1 aromatic rings. The monoisotopic (exact) mass is 186 g/mol. The van der Waals surface area contributed by atoms with Crippen molar-refractivity contribution in [1.29, 1.82) is 0 Å². The molecule has 1 atom stereocenters. The Morgan fingerprint density at radius 2 is 2.50 bits per heavy atom. The van der Waals surface area contributed by atoms with Crippen LogP contribution in [0, 0.1) is 0 Å². The minimum Gasteiger partial charge on any atom is -0.392 e. The minimum atomic E-state index is -0.320. The average Bonchev–Trinajstić information content (AvgIpc) is 2.48. The Morgan fingerprint density at radius 3 is 3.00 bits per heavy atom. The lowest BCUT2D eigenvalue weighted by Gasteiger charge is -2.03. The molecule has 0 amide bonds. The molecule has 2 N–H and O–H groups in total. The number of anilines is 1. The number of aromatic nitrogens is 1. The molecule has 68 valence electrons. The Morgan fingerprint density at radius 1 is 1.75 bits per heavy atom. The largest absolute Gasteiger partial charge is 0.392 e. The predicted molar refractivity (Wildman–Crippen MR) is 51.7 cm³/mol. The summed E-state index contributed by atoms with van der Waals surface area (Å²) in [6.07, 6.45) is 2.57. The van der Waals surface area contributed by atoms with Gasteiger partial charge in [0.05, 0.1) is 6.10 Å². The summed E-state index contributed by atoms with van der Waals surface area (Å²) in [5.74, 6) is 0. The van der Waals surface area contributed by atoms with Gasteiger partial charge in [-0.15, -0.1) is 11.3 Å². The van der Waals surface area contributed by atoms with Gasteiger partial charge in [0.25, 0.3) is 0 Å². The second-order valence-electron chi connectivity index (χ2n) is 2.72. The van der Waals surface area contributed by atoms with Crippen LogP contribution in [0.2, 0.25) is 0 Å². The number of aryl methyl sites for hydroxylation is 1. The highest BCUT2D eigenvalue weighted by Crippen LogP contribution is 2.17. The third kappa shape index (κ3) is 2.79. The third-order valence-corrected chi connectivity index (χ3v) is 2.55. The molecule has 0 bridgehead atoms. The Hall–Kier alpha value is -0.610. The van der Waals surface area contributed by atoms with Crippen molar-refractivity contribution in [3.63, 3.8) is 0 Å². The number of hydrogen-bond acceptors (Lipinski definition) is 4. The van der Waals surface area contributed by atoms with Gasteiger partial charge >= 0.3 is 0 Å². The molecule has 3 nitrogen and oxygen atoms in total. The molecule has 0 aliphatic carbocycles. The minimum absolute atomic E-state index is 0.320. The Bertz CT molecular complexity index is 235. The second-order valence-corrected chi connectivity index (χ2v) is 3.83. The number of aliphatic hydroxyl groups is 1. The first-order valence-electron chi connectivity index (χ1n) is 4.09. The number of nitrogens with zero attached hydrogens (tertiary/aromatic N) is 1. The molecule has 0 aliphatic rings. The van der Waals surface area contributed by atoms with E-state index in [2.05, 4.69) is 17.2 Å². The van der Waals surface area contributed by atoms with Gasteiger partial charge in [0.2, 0.25) is 0 Å². The van der Waals surface area contributed by atoms with Crippen molar-refractivity contribution in [2.75, 3.05) is 11.9 Å². The van der Waals surface area contributed by atoms with Crippen molar-refractivity contribution in [1.82, 2.24) is 4.98 Å². The van der Waals surface area contributed by atoms with E-state index in [0.717, 1.165) is 11.6 Å². The van der Waals surface area contributed by atoms with Gasteiger partial charge in [-0.05, 0) is 13.3 Å². The molecule has 4 heteroatoms. The van der Waals surface area contributed by atoms with Crippen LogP contribution >= 0.6 is 11.3 Å². The van der Waals surface area contributed by atoms with Crippen LogP contribution in [-0.4, -0.2) is 22.7 Å². The van der Waals surface area contributed by atoms with E-state index >= 15 is 0 Å². The fourth-order valence-electron chi connectivity index (χ4n) is 0.788. The van der Waals surface area contributed by atoms with Gasteiger partial charge < -0.3 is 10.4 Å². The van der Waals surface area contributed by atoms with Crippen LogP contribution in [0.1, 0.15) is 18.7 Å². The molecular weight excluding hydrogens is 172 g/mol. The SMILES string of the molecule is CCc1cnc(NC[C@H](C)O)s1. The summed E-state index contributed by atoms with van der Waals surface area (Å²) in [6.45, 7) is 4.42. The van der Waals surface area contributed by atoms with E-state index in [0.29, 0.717) is 6.54 Å². The zero-order chi connectivity index (χ0) is 8.97. The fourth-order valence-corrected chi connectivity index (χ4v) is 1.55. The maximum atomic E-state index is 8.99. The molecule has 1 rings (SSSR count). The molecule has 0 aromatic carbocycles. The molecule has 0 spiro atoms. The Balaban J connectivity index is 2.41. The van der Waals surface area contributed by atoms with Crippen LogP contribution in [0.15, 0.2) is 6.20 Å². The van der Waals surface area contributed by atoms with Gasteiger partial charge in [-0.25, -0.2) is 4.98 Å². The van der Waals surface area contributed by atoms with Crippen molar-refractivity contribution in [3.05, 3.63) is 11.1 Å². The van der Waals surface area contributed by atoms with Crippen molar-refractivity contribution in [3.8, 4) is 0 Å². The first-order chi connectivity index (χ1) is 5.72. The summed E-state index contributed by atoms with van der Waals surface area (Å²) in [5.41, 5.74) is 0. The molecule has 0 unspecified atom stereocenters. The Labute approximate surface area is 76.5 Å². The van der Waals surface area contributed by atoms with E-state index in [1.54, 1.807) is 18.3 Å². The first-order valence-corrected chi connectivity index (χ1v) is 4.90. The standard InChI is InChI=1S/C8H14N2OS/c1-3-7-5-10-8(12-7)9-4-6(2)11/h5-6,11H,3-4H2,1-2H3,(H,9,10)/t6-/m0/s1. The molecule has 1 aromatic heterocycles. The molecule has 0 saturated heterocycles. The number of hydrogen-bond donors (Lipinski definition) is 2. The lowest BCUT2D eigenvalue weighted by atomic mass is 10.4. The van der Waals surface area contributed by atoms with Gasteiger partial charge in [-0.2, -0.15) is 0 Å². The van der Waals surface area contributed by atoms with E-state index < -0.39 is 0 Å². The van der Waals surface area contributed by atoms with E-state index in [9.17, 15) is 0 Å². The number of thiazole rings is 1. The number of rotatable bonds is 4. The Kier molecular flexibility index (Phi) is 3.49. The average molecular weight is 186 g/mol. The lowest BCUT2D eigenvalue weighted by Crippen LogP contribution is -2.14. The molecular formula is C8H14N2OS. The van der Waals surface area contributed by atoms with Crippen molar-refractivity contribution in [2.24, 2.45) is 0 Å². The summed E-state index contributed by atoms with van der Waals surface area (Å²) >= 11 is 1.64. The van der Waals surface area contributed by atoms with E-state index in [-0.39, 0.29) is 6.10 Å². The van der Waals surface area contributed by atoms with E-state index in [4.69, 9.17) is 5.11 Å². The zero-order valence-corrected chi connectivity index (χ0v) is 8.19. The first kappa shape index (κ1) is 9.48. The highest BCUT2D eigenvalue weighted by Gasteiger charge is 2.00. The van der Waals surface area contributed by atoms with Crippen LogP contribution in [-0.2, 0) is 6.42 Å². The topological polar surface area (TPSA) is 45.2 Å². The highest BCUT2D eigenvalue weighted by atomic mass is 32.1. The summed E-state index contributed by atoms with van der Waals surface area (Å²) in [4.78, 5) is 5.42. The van der Waals surface area contributed by atoms with E-state index in [1.807, 2.05) is 6.20 Å². The fraction of sp³-hybridized carbons (Fsp3) is 0.625. The zero-order valence-electron chi connectivity index (χ0n) is 7.37. The van der Waals surface area contributed by atoms with Crippen LogP contribution in [0.4, 0.5) is 5.13 Å². The van der Waals surface area contributed by atoms with Crippen molar-refractivity contribution in [2.45, 2.75) is 26.4 Å². The molecule has 1 heterocycles. The van der Waals surface area contributed by atoms with Gasteiger partial charge in [-0.1, -0.05) is 6.92 Å². The van der Waals surface area contributed by atoms with E-state index in [1.165, 1.54) is 4.88 Å². The van der Waals surface area contributed by atoms with Crippen LogP contribution in [0.5, 0.6) is 0 Å². The summed E-state index contributed by atoms with van der Waals surface area (Å²) in [7, 11) is 0. The number of nitrogens with one attached hydrogen (secondary N) is 1. The van der Waals surface area contributed by atoms with Gasteiger partial charge in [0, 0.05) is 17.6 Å². The predicted octanol–water partition coefficient (Wildman–Crippen LogP) is 1.50. The van der Waals surface area contributed by atoms with Crippen LogP contribution in [0.25, 0.3) is 0 Å². The van der Waals surface area contributed by atoms with Crippen molar-refractivity contribution >= 4 is 16.5 Å². The maximum Gasteiger partial charge on any atom is 0.182 e. The van der Waals surface area contributed by atoms with Crippen LogP contribution < -0.4 is 5.32 Å². The lowest BCUT2D eigenvalue weighted by molar-refractivity contribution is 0.208. The van der Waals surface area contributed by atoms with Gasteiger partial charge in [0.15, 0.2) is 5.13 Å². The second kappa shape index (κ2) is 4.42. The van der Waals surface area contributed by atoms with Crippen LogP contribution in [0.3, 0.4) is 0 Å². The molecule has 0 saturated carbocycles. The smallest absolute Gasteiger partial charge is 0.182 e. The normalized spacial score (nSPS) is 12.9. The van der Waals surface area contributed by atoms with Gasteiger partial charge in [-0.3, -0.25) is 0 Å². The maximum absolute atomic E-state index is 8.99. The highest BCUT2D eigenvalue weighted by molar-refractivity contribution is 7.15. The quantitative estimate of drug-likeness (QED) is 0.749. The summed E-state index contributed by atoms with van der Waals surface area (Å²) in [6, 6.07) is 0. The molecule has 0 radical (unpaired) electrons. The number of aliphatic hydroxyl groups excluding tert-OH is 1. The summed E-state index contributed by atoms with van der Waals surface area (Å²) < 4.78 is 0. The summed E-state index contributed by atoms with van der Waals surface area (Å²) in [5, 5.41) is 12.9. The van der Waals surface area contributed by atoms with Crippen molar-refractivity contribution < 1.29 is 5.11 Å². The molecule has 0 aliphatic heterocycles. The molecule has 12 heavy (non-hydrogen) atoms. The third-order valence-electron chi connectivity index (χ3n) is 1.45. The molecule has 0 fully saturated rings. The van der Waals surface area contributed by atoms with Gasteiger partial charge in [0.1, 0.15) is 0 Å².